The number of unbranched alkanes of at least 4 members (excludes halogenated alkanes) is 27. The van der Waals surface area contributed by atoms with Gasteiger partial charge in [0.1, 0.15) is 13.2 Å². The Hall–Kier alpha value is -3.67. The Morgan fingerprint density at radius 1 is 0.318 bits per heavy atom. The second-order valence-electron chi connectivity index (χ2n) is 17.9. The molecule has 0 bridgehead atoms. The second-order valence-corrected chi connectivity index (χ2v) is 17.9. The highest BCUT2D eigenvalue weighted by Gasteiger charge is 2.19. The second kappa shape index (κ2) is 53.9. The van der Waals surface area contributed by atoms with Crippen molar-refractivity contribution < 1.29 is 28.6 Å². The molecule has 6 nitrogen and oxygen atoms in total. The maximum Gasteiger partial charge on any atom is 0.306 e. The predicted octanol–water partition coefficient (Wildman–Crippen LogP) is 18.1. The largest absolute Gasteiger partial charge is 0.462 e. The van der Waals surface area contributed by atoms with Gasteiger partial charge in [0.25, 0.3) is 0 Å². The van der Waals surface area contributed by atoms with Gasteiger partial charge in [0.2, 0.25) is 0 Å². The van der Waals surface area contributed by atoms with Crippen molar-refractivity contribution in [1.29, 1.82) is 0 Å². The zero-order valence-corrected chi connectivity index (χ0v) is 42.9. The number of carbonyl (C=O) groups excluding carboxylic acids is 3. The van der Waals surface area contributed by atoms with Crippen LogP contribution in [0, 0.1) is 0 Å². The van der Waals surface area contributed by atoms with E-state index in [0.29, 0.717) is 19.3 Å². The van der Waals surface area contributed by atoms with Crippen LogP contribution in [-0.2, 0) is 28.6 Å². The quantitative estimate of drug-likeness (QED) is 0.0199. The maximum atomic E-state index is 12.8. The van der Waals surface area contributed by atoms with E-state index >= 15 is 0 Å². The molecule has 66 heavy (non-hydrogen) atoms. The van der Waals surface area contributed by atoms with Crippen LogP contribution < -0.4 is 0 Å². The highest BCUT2D eigenvalue weighted by molar-refractivity contribution is 5.71. The Labute approximate surface area is 407 Å². The van der Waals surface area contributed by atoms with E-state index in [1.165, 1.54) is 135 Å². The van der Waals surface area contributed by atoms with E-state index in [2.05, 4.69) is 45.1 Å². The molecule has 0 aliphatic carbocycles. The molecule has 0 rings (SSSR count). The minimum Gasteiger partial charge on any atom is -0.462 e. The van der Waals surface area contributed by atoms with Crippen LogP contribution in [0.2, 0.25) is 0 Å². The van der Waals surface area contributed by atoms with Crippen molar-refractivity contribution in [3.8, 4) is 0 Å². The number of allylic oxidation sites excluding steroid dienone is 16. The Morgan fingerprint density at radius 2 is 0.606 bits per heavy atom. The first kappa shape index (κ1) is 62.3. The third-order valence-corrected chi connectivity index (χ3v) is 11.5. The topological polar surface area (TPSA) is 78.9 Å². The number of esters is 3. The van der Waals surface area contributed by atoms with Crippen LogP contribution in [0.3, 0.4) is 0 Å². The maximum absolute atomic E-state index is 12.8. The molecule has 0 aliphatic rings. The summed E-state index contributed by atoms with van der Waals surface area (Å²) in [4.78, 5) is 38.1. The summed E-state index contributed by atoms with van der Waals surface area (Å²) in [5.41, 5.74) is 0. The van der Waals surface area contributed by atoms with Crippen molar-refractivity contribution in [2.24, 2.45) is 0 Å². The molecule has 0 fully saturated rings. The van der Waals surface area contributed by atoms with Crippen molar-refractivity contribution >= 4 is 17.9 Å². The lowest BCUT2D eigenvalue weighted by Crippen LogP contribution is -2.30. The van der Waals surface area contributed by atoms with E-state index in [-0.39, 0.29) is 31.1 Å². The minimum absolute atomic E-state index is 0.0929. The van der Waals surface area contributed by atoms with E-state index in [1.807, 2.05) is 72.9 Å². The van der Waals surface area contributed by atoms with Gasteiger partial charge in [-0.05, 0) is 64.2 Å². The van der Waals surface area contributed by atoms with Gasteiger partial charge in [-0.15, -0.1) is 0 Å². The third kappa shape index (κ3) is 51.3. The summed E-state index contributed by atoms with van der Waals surface area (Å²) in [6, 6.07) is 0. The molecule has 0 heterocycles. The summed E-state index contributed by atoms with van der Waals surface area (Å²) >= 11 is 0. The average molecular weight is 917 g/mol. The van der Waals surface area contributed by atoms with Crippen LogP contribution in [0.4, 0.5) is 0 Å². The Balaban J connectivity index is 4.49. The monoisotopic (exact) mass is 917 g/mol. The molecular formula is C60H100O6. The molecule has 0 N–H and O–H groups in total. The van der Waals surface area contributed by atoms with Crippen molar-refractivity contribution in [1.82, 2.24) is 0 Å². The van der Waals surface area contributed by atoms with Gasteiger partial charge in [-0.3, -0.25) is 14.4 Å². The van der Waals surface area contributed by atoms with Crippen LogP contribution >= 0.6 is 0 Å². The van der Waals surface area contributed by atoms with E-state index in [9.17, 15) is 14.4 Å². The molecule has 0 spiro atoms. The van der Waals surface area contributed by atoms with Crippen molar-refractivity contribution in [2.75, 3.05) is 13.2 Å². The molecule has 0 amide bonds. The lowest BCUT2D eigenvalue weighted by Gasteiger charge is -2.18. The summed E-state index contributed by atoms with van der Waals surface area (Å²) in [6.07, 6.45) is 71.0. The minimum atomic E-state index is -0.798. The number of ether oxygens (including phenoxy) is 3. The van der Waals surface area contributed by atoms with Gasteiger partial charge < -0.3 is 14.2 Å². The smallest absolute Gasteiger partial charge is 0.306 e. The van der Waals surface area contributed by atoms with Crippen LogP contribution in [0.25, 0.3) is 0 Å². The molecule has 0 aromatic carbocycles. The zero-order valence-electron chi connectivity index (χ0n) is 42.9. The number of rotatable bonds is 48. The predicted molar refractivity (Wildman–Crippen MR) is 284 cm³/mol. The Kier molecular flexibility index (Phi) is 50.9. The first-order valence-electron chi connectivity index (χ1n) is 27.3. The highest BCUT2D eigenvalue weighted by atomic mass is 16.6. The number of carbonyl (C=O) groups is 3. The molecule has 1 atom stereocenters. The van der Waals surface area contributed by atoms with Crippen LogP contribution in [0.5, 0.6) is 0 Å². The standard InChI is InChI=1S/C60H100O6/c1-4-7-10-13-16-19-22-25-28-29-30-31-33-35-38-41-44-47-50-53-59(62)65-56-57(55-64-58(61)52-49-46-43-40-37-34-27-24-21-18-15-12-9-6-3)66-60(63)54-51-48-45-42-39-36-32-26-23-20-17-14-11-8-5-2/h7,10,13,16,19-20,22-23,25,28-31,33,35,38,57H,4-6,8-9,11-12,14-15,17-18,21,24,26-27,32,34,36-37,39-56H2,1-3H3/b10-7-,16-13-,22-19-,23-20-,28-25-,30-29+,33-31-,38-35-. The van der Waals surface area contributed by atoms with Crippen molar-refractivity contribution in [3.63, 3.8) is 0 Å². The molecule has 376 valence electrons. The SMILES string of the molecule is CC\C=C/C=C\C=C/C=C\C=C\C=C/C=C\CCCCCC(=O)OCC(COC(=O)CCCCCCCCCCCCCCCC)OC(=O)CCCCCCCCC/C=C\CCCCCC. The van der Waals surface area contributed by atoms with E-state index in [1.54, 1.807) is 0 Å². The Bertz CT molecular complexity index is 1330. The molecule has 0 aliphatic heterocycles. The highest BCUT2D eigenvalue weighted by Crippen LogP contribution is 2.15. The van der Waals surface area contributed by atoms with Gasteiger partial charge >= 0.3 is 17.9 Å². The van der Waals surface area contributed by atoms with Gasteiger partial charge in [-0.1, -0.05) is 259 Å². The van der Waals surface area contributed by atoms with Gasteiger partial charge in [0.15, 0.2) is 6.10 Å². The third-order valence-electron chi connectivity index (χ3n) is 11.5. The fourth-order valence-electron chi connectivity index (χ4n) is 7.42. The van der Waals surface area contributed by atoms with Gasteiger partial charge in [-0.25, -0.2) is 0 Å². The summed E-state index contributed by atoms with van der Waals surface area (Å²) < 4.78 is 16.8. The molecule has 0 aromatic heterocycles. The summed E-state index contributed by atoms with van der Waals surface area (Å²) in [5.74, 6) is -0.941. The summed E-state index contributed by atoms with van der Waals surface area (Å²) in [6.45, 7) is 6.44. The van der Waals surface area contributed by atoms with Gasteiger partial charge in [-0.2, -0.15) is 0 Å². The van der Waals surface area contributed by atoms with Gasteiger partial charge in [0, 0.05) is 19.3 Å². The molecule has 0 radical (unpaired) electrons. The first-order chi connectivity index (χ1) is 32.5. The van der Waals surface area contributed by atoms with Crippen molar-refractivity contribution in [3.05, 3.63) is 97.2 Å². The lowest BCUT2D eigenvalue weighted by atomic mass is 10.0. The van der Waals surface area contributed by atoms with Crippen LogP contribution in [0.1, 0.15) is 245 Å². The van der Waals surface area contributed by atoms with Crippen molar-refractivity contribution in [2.45, 2.75) is 252 Å². The average Bonchev–Trinajstić information content (AvgIpc) is 3.31. The van der Waals surface area contributed by atoms with Crippen LogP contribution in [-0.4, -0.2) is 37.2 Å². The fourth-order valence-corrected chi connectivity index (χ4v) is 7.42. The molecule has 1 unspecified atom stereocenters. The van der Waals surface area contributed by atoms with Crippen LogP contribution in [0.15, 0.2) is 97.2 Å². The summed E-state index contributed by atoms with van der Waals surface area (Å²) in [5, 5.41) is 0. The first-order valence-corrected chi connectivity index (χ1v) is 27.3. The molecule has 6 heteroatoms. The van der Waals surface area contributed by atoms with E-state index < -0.39 is 6.10 Å². The molecular weight excluding hydrogens is 817 g/mol. The summed E-state index contributed by atoms with van der Waals surface area (Å²) in [7, 11) is 0. The van der Waals surface area contributed by atoms with E-state index in [4.69, 9.17) is 14.2 Å². The number of hydrogen-bond donors (Lipinski definition) is 0. The zero-order chi connectivity index (χ0) is 47.9. The number of hydrogen-bond acceptors (Lipinski definition) is 6. The van der Waals surface area contributed by atoms with Gasteiger partial charge in [0.05, 0.1) is 0 Å². The normalized spacial score (nSPS) is 12.8. The molecule has 0 aromatic rings. The van der Waals surface area contributed by atoms with E-state index in [0.717, 1.165) is 70.6 Å². The lowest BCUT2D eigenvalue weighted by molar-refractivity contribution is -0.167. The molecule has 0 saturated carbocycles. The Morgan fingerprint density at radius 3 is 1.00 bits per heavy atom. The molecule has 0 saturated heterocycles. The fraction of sp³-hybridized carbons (Fsp3) is 0.683.